The van der Waals surface area contributed by atoms with Crippen molar-refractivity contribution in [3.63, 3.8) is 0 Å². The molecule has 0 aromatic rings. The maximum absolute atomic E-state index is 11.6. The molecule has 0 saturated heterocycles. The molecular formula is C20H44NO2+. The molecule has 0 aliphatic carbocycles. The summed E-state index contributed by atoms with van der Waals surface area (Å²) in [6.07, 6.45) is 19.7. The van der Waals surface area contributed by atoms with E-state index >= 15 is 0 Å². The molecule has 0 amide bonds. The molecular weight excluding hydrogens is 286 g/mol. The Morgan fingerprint density at radius 1 is 0.609 bits per heavy atom. The summed E-state index contributed by atoms with van der Waals surface area (Å²) in [4.78, 5) is 11.6. The molecule has 23 heavy (non-hydrogen) atoms. The Morgan fingerprint density at radius 2 is 1.00 bits per heavy atom. The van der Waals surface area contributed by atoms with Crippen LogP contribution in [0, 0.1) is 0 Å². The van der Waals surface area contributed by atoms with Crippen LogP contribution < -0.4 is 6.15 Å². The minimum Gasteiger partial charge on any atom is -0.466 e. The number of hydrogen-bond acceptors (Lipinski definition) is 2. The van der Waals surface area contributed by atoms with E-state index < -0.39 is 0 Å². The summed E-state index contributed by atoms with van der Waals surface area (Å²) < 4.78 is 5.29. The van der Waals surface area contributed by atoms with Gasteiger partial charge in [0, 0.05) is 6.42 Å². The van der Waals surface area contributed by atoms with Crippen molar-refractivity contribution in [1.29, 1.82) is 0 Å². The number of carbonyl (C=O) groups is 1. The van der Waals surface area contributed by atoms with Gasteiger partial charge in [0.1, 0.15) is 0 Å². The summed E-state index contributed by atoms with van der Waals surface area (Å²) in [5.41, 5.74) is 0. The van der Waals surface area contributed by atoms with E-state index in [1.54, 1.807) is 0 Å². The zero-order chi connectivity index (χ0) is 16.3. The van der Waals surface area contributed by atoms with Crippen LogP contribution in [0.1, 0.15) is 117 Å². The molecule has 0 aliphatic heterocycles. The van der Waals surface area contributed by atoms with Gasteiger partial charge in [0.25, 0.3) is 0 Å². The Bertz CT molecular complexity index is 232. The first-order chi connectivity index (χ1) is 10.8. The minimum absolute atomic E-state index is 0. The van der Waals surface area contributed by atoms with E-state index in [1.807, 2.05) is 0 Å². The third-order valence-corrected chi connectivity index (χ3v) is 4.25. The summed E-state index contributed by atoms with van der Waals surface area (Å²) in [6.45, 7) is 5.12. The lowest BCUT2D eigenvalue weighted by atomic mass is 10.1. The summed E-state index contributed by atoms with van der Waals surface area (Å²) in [7, 11) is 0. The van der Waals surface area contributed by atoms with E-state index in [-0.39, 0.29) is 12.1 Å². The normalized spacial score (nSPS) is 10.3. The molecule has 3 nitrogen and oxygen atoms in total. The average molecular weight is 331 g/mol. The van der Waals surface area contributed by atoms with Crippen molar-refractivity contribution in [3.05, 3.63) is 0 Å². The lowest BCUT2D eigenvalue weighted by Gasteiger charge is -2.05. The SMILES string of the molecule is CCCCCCCCCCOC(=O)CCCCCCCCC.[NH4+]. The van der Waals surface area contributed by atoms with Gasteiger partial charge in [0.2, 0.25) is 0 Å². The van der Waals surface area contributed by atoms with Crippen molar-refractivity contribution in [3.8, 4) is 0 Å². The zero-order valence-electron chi connectivity index (χ0n) is 16.3. The van der Waals surface area contributed by atoms with E-state index in [9.17, 15) is 4.79 Å². The van der Waals surface area contributed by atoms with E-state index in [2.05, 4.69) is 13.8 Å². The first-order valence-electron chi connectivity index (χ1n) is 9.96. The van der Waals surface area contributed by atoms with Crippen LogP contribution in [-0.2, 0) is 9.53 Å². The van der Waals surface area contributed by atoms with Gasteiger partial charge in [0.05, 0.1) is 6.61 Å². The Labute approximate surface area is 145 Å². The van der Waals surface area contributed by atoms with Crippen LogP contribution in [-0.4, -0.2) is 12.6 Å². The van der Waals surface area contributed by atoms with Gasteiger partial charge in [-0.15, -0.1) is 0 Å². The lowest BCUT2D eigenvalue weighted by Crippen LogP contribution is -2.05. The fraction of sp³-hybridized carbons (Fsp3) is 0.950. The third-order valence-electron chi connectivity index (χ3n) is 4.25. The first-order valence-corrected chi connectivity index (χ1v) is 9.96. The van der Waals surface area contributed by atoms with Gasteiger partial charge in [-0.1, -0.05) is 97.3 Å². The van der Waals surface area contributed by atoms with E-state index in [0.29, 0.717) is 13.0 Å². The van der Waals surface area contributed by atoms with Gasteiger partial charge < -0.3 is 10.9 Å². The summed E-state index contributed by atoms with van der Waals surface area (Å²) >= 11 is 0. The lowest BCUT2D eigenvalue weighted by molar-refractivity contribution is -0.143. The van der Waals surface area contributed by atoms with Crippen LogP contribution in [0.25, 0.3) is 0 Å². The van der Waals surface area contributed by atoms with Crippen molar-refractivity contribution in [2.45, 2.75) is 117 Å². The molecule has 140 valence electrons. The molecule has 4 N–H and O–H groups in total. The van der Waals surface area contributed by atoms with Crippen molar-refractivity contribution in [2.24, 2.45) is 0 Å². The topological polar surface area (TPSA) is 62.8 Å². The molecule has 0 atom stereocenters. The fourth-order valence-corrected chi connectivity index (χ4v) is 2.72. The third kappa shape index (κ3) is 21.4. The molecule has 0 radical (unpaired) electrons. The van der Waals surface area contributed by atoms with Crippen LogP contribution in [0.15, 0.2) is 0 Å². The number of unbranched alkanes of at least 4 members (excludes halogenated alkanes) is 13. The van der Waals surface area contributed by atoms with Crippen molar-refractivity contribution < 1.29 is 9.53 Å². The highest BCUT2D eigenvalue weighted by atomic mass is 16.5. The highest BCUT2D eigenvalue weighted by Crippen LogP contribution is 2.10. The predicted molar refractivity (Wildman–Crippen MR) is 102 cm³/mol. The molecule has 0 aromatic carbocycles. The Morgan fingerprint density at radius 3 is 1.48 bits per heavy atom. The molecule has 0 bridgehead atoms. The molecule has 0 saturated carbocycles. The van der Waals surface area contributed by atoms with Gasteiger partial charge in [-0.2, -0.15) is 0 Å². The maximum atomic E-state index is 11.6. The summed E-state index contributed by atoms with van der Waals surface area (Å²) in [5, 5.41) is 0. The smallest absolute Gasteiger partial charge is 0.305 e. The van der Waals surface area contributed by atoms with Crippen LogP contribution in [0.3, 0.4) is 0 Å². The molecule has 0 fully saturated rings. The van der Waals surface area contributed by atoms with Crippen molar-refractivity contribution >= 4 is 5.97 Å². The molecule has 0 heterocycles. The number of quaternary nitrogens is 1. The quantitative estimate of drug-likeness (QED) is 0.226. The summed E-state index contributed by atoms with van der Waals surface area (Å²) in [6, 6.07) is 0. The number of rotatable bonds is 17. The van der Waals surface area contributed by atoms with Crippen LogP contribution >= 0.6 is 0 Å². The molecule has 0 aromatic heterocycles. The number of carbonyl (C=O) groups excluding carboxylic acids is 1. The monoisotopic (exact) mass is 330 g/mol. The van der Waals surface area contributed by atoms with Gasteiger partial charge >= 0.3 is 5.97 Å². The number of ether oxygens (including phenoxy) is 1. The van der Waals surface area contributed by atoms with Crippen molar-refractivity contribution in [1.82, 2.24) is 6.15 Å². The van der Waals surface area contributed by atoms with Gasteiger partial charge in [-0.05, 0) is 12.8 Å². The maximum Gasteiger partial charge on any atom is 0.305 e. The largest absolute Gasteiger partial charge is 0.466 e. The fourth-order valence-electron chi connectivity index (χ4n) is 2.72. The molecule has 0 unspecified atom stereocenters. The van der Waals surface area contributed by atoms with Gasteiger partial charge in [0.15, 0.2) is 0 Å². The van der Waals surface area contributed by atoms with Crippen molar-refractivity contribution in [2.75, 3.05) is 6.61 Å². The molecule has 0 rings (SSSR count). The first kappa shape index (κ1) is 24.7. The van der Waals surface area contributed by atoms with E-state index in [0.717, 1.165) is 12.8 Å². The van der Waals surface area contributed by atoms with Crippen LogP contribution in [0.5, 0.6) is 0 Å². The highest BCUT2D eigenvalue weighted by molar-refractivity contribution is 5.69. The van der Waals surface area contributed by atoms with E-state index in [4.69, 9.17) is 4.74 Å². The number of esters is 1. The number of hydrogen-bond donors (Lipinski definition) is 1. The highest BCUT2D eigenvalue weighted by Gasteiger charge is 2.02. The van der Waals surface area contributed by atoms with Gasteiger partial charge in [-0.3, -0.25) is 4.79 Å². The Kier molecular flexibility index (Phi) is 23.0. The average Bonchev–Trinajstić information content (AvgIpc) is 2.52. The Balaban J connectivity index is 0. The second kappa shape index (κ2) is 21.4. The second-order valence-corrected chi connectivity index (χ2v) is 6.57. The van der Waals surface area contributed by atoms with Crippen LogP contribution in [0.2, 0.25) is 0 Å². The summed E-state index contributed by atoms with van der Waals surface area (Å²) in [5.74, 6) is 0.0107. The molecule has 0 aliphatic rings. The molecule has 3 heteroatoms. The standard InChI is InChI=1S/C20H40O2.H3N/c1-3-5-7-9-11-13-15-17-19-22-20(21)18-16-14-12-10-8-6-4-2;/h3-19H2,1-2H3;1H3/p+1. The minimum atomic E-state index is 0. The van der Waals surface area contributed by atoms with Crippen LogP contribution in [0.4, 0.5) is 0 Å². The zero-order valence-corrected chi connectivity index (χ0v) is 16.3. The Hall–Kier alpha value is -0.570. The van der Waals surface area contributed by atoms with Gasteiger partial charge in [-0.25, -0.2) is 0 Å². The molecule has 0 spiro atoms. The predicted octanol–water partition coefficient (Wildman–Crippen LogP) is 7.19. The van der Waals surface area contributed by atoms with E-state index in [1.165, 1.54) is 83.5 Å². The second-order valence-electron chi connectivity index (χ2n) is 6.57.